The summed E-state index contributed by atoms with van der Waals surface area (Å²) in [6.07, 6.45) is 0. The highest BCUT2D eigenvalue weighted by atomic mass is 35.5. The molecular formula is C24H12ClNS. The van der Waals surface area contributed by atoms with Gasteiger partial charge >= 0.3 is 0 Å². The number of benzene rings is 4. The number of fused-ring (bicyclic) bond motifs is 5. The van der Waals surface area contributed by atoms with E-state index in [9.17, 15) is 0 Å². The first-order chi connectivity index (χ1) is 13.3. The van der Waals surface area contributed by atoms with Crippen molar-refractivity contribution >= 4 is 81.2 Å². The number of rotatable bonds is 0. The minimum absolute atomic E-state index is 0.787. The van der Waals surface area contributed by atoms with Gasteiger partial charge in [0.2, 0.25) is 0 Å². The van der Waals surface area contributed by atoms with Crippen molar-refractivity contribution in [2.75, 3.05) is 0 Å². The monoisotopic (exact) mass is 381 g/mol. The van der Waals surface area contributed by atoms with Crippen molar-refractivity contribution in [1.29, 1.82) is 0 Å². The van der Waals surface area contributed by atoms with E-state index in [1.54, 1.807) is 0 Å². The third-order valence-corrected chi connectivity index (χ3v) is 7.10. The Morgan fingerprint density at radius 1 is 0.630 bits per heavy atom. The van der Waals surface area contributed by atoms with Crippen LogP contribution in [0.3, 0.4) is 0 Å². The Morgan fingerprint density at radius 3 is 2.19 bits per heavy atom. The molecule has 7 aromatic rings. The largest absolute Gasteiger partial charge is 0.308 e. The van der Waals surface area contributed by atoms with E-state index in [-0.39, 0.29) is 0 Å². The Morgan fingerprint density at radius 2 is 1.30 bits per heavy atom. The highest BCUT2D eigenvalue weighted by molar-refractivity contribution is 7.26. The molecule has 0 unspecified atom stereocenters. The summed E-state index contributed by atoms with van der Waals surface area (Å²) in [7, 11) is 0. The Hall–Kier alpha value is -2.81. The fourth-order valence-electron chi connectivity index (χ4n) is 4.78. The van der Waals surface area contributed by atoms with Crippen LogP contribution in [0.4, 0.5) is 0 Å². The smallest absolute Gasteiger partial charge is 0.0621 e. The van der Waals surface area contributed by atoms with Crippen LogP contribution in [0, 0.1) is 0 Å². The Labute approximate surface area is 163 Å². The van der Waals surface area contributed by atoms with Crippen molar-refractivity contribution in [2.45, 2.75) is 0 Å². The lowest BCUT2D eigenvalue weighted by Gasteiger charge is -2.02. The zero-order valence-electron chi connectivity index (χ0n) is 14.2. The Kier molecular flexibility index (Phi) is 2.49. The predicted octanol–water partition coefficient (Wildman–Crippen LogP) is 7.86. The molecule has 0 bridgehead atoms. The molecule has 3 heterocycles. The minimum atomic E-state index is 0.787. The first-order valence-electron chi connectivity index (χ1n) is 8.99. The third kappa shape index (κ3) is 1.62. The lowest BCUT2D eigenvalue weighted by Crippen LogP contribution is -1.84. The van der Waals surface area contributed by atoms with Gasteiger partial charge < -0.3 is 4.40 Å². The van der Waals surface area contributed by atoms with E-state index in [0.29, 0.717) is 0 Å². The lowest BCUT2D eigenvalue weighted by molar-refractivity contribution is 1.36. The molecule has 0 radical (unpaired) electrons. The fraction of sp³-hybridized carbons (Fsp3) is 0. The summed E-state index contributed by atoms with van der Waals surface area (Å²) in [5.74, 6) is 0. The van der Waals surface area contributed by atoms with Crippen LogP contribution < -0.4 is 0 Å². The molecule has 0 amide bonds. The van der Waals surface area contributed by atoms with Gasteiger partial charge in [-0.1, -0.05) is 48.0 Å². The normalized spacial score (nSPS) is 12.6. The van der Waals surface area contributed by atoms with Gasteiger partial charge in [-0.3, -0.25) is 0 Å². The molecular weight excluding hydrogens is 370 g/mol. The molecule has 0 spiro atoms. The van der Waals surface area contributed by atoms with Crippen LogP contribution in [0.2, 0.25) is 5.02 Å². The highest BCUT2D eigenvalue weighted by Crippen LogP contribution is 2.45. The summed E-state index contributed by atoms with van der Waals surface area (Å²) in [6.45, 7) is 0. The van der Waals surface area contributed by atoms with Gasteiger partial charge in [0.15, 0.2) is 0 Å². The van der Waals surface area contributed by atoms with Crippen molar-refractivity contribution in [1.82, 2.24) is 4.40 Å². The molecule has 126 valence electrons. The fourth-order valence-corrected chi connectivity index (χ4v) is 6.15. The summed E-state index contributed by atoms with van der Waals surface area (Å²) in [5, 5.41) is 8.45. The van der Waals surface area contributed by atoms with Gasteiger partial charge in [-0.2, -0.15) is 0 Å². The first-order valence-corrected chi connectivity index (χ1v) is 10.2. The quantitative estimate of drug-likeness (QED) is 0.252. The summed E-state index contributed by atoms with van der Waals surface area (Å²) in [6, 6.07) is 26.2. The van der Waals surface area contributed by atoms with Crippen molar-refractivity contribution < 1.29 is 0 Å². The molecule has 3 heteroatoms. The molecule has 27 heavy (non-hydrogen) atoms. The maximum absolute atomic E-state index is 6.61. The molecule has 1 nitrogen and oxygen atoms in total. The van der Waals surface area contributed by atoms with Crippen molar-refractivity contribution in [2.24, 2.45) is 0 Å². The first kappa shape index (κ1) is 14.3. The Balaban J connectivity index is 2.06. The van der Waals surface area contributed by atoms with E-state index in [1.807, 2.05) is 11.3 Å². The van der Waals surface area contributed by atoms with Gasteiger partial charge in [0, 0.05) is 41.4 Å². The van der Waals surface area contributed by atoms with Gasteiger partial charge in [0.05, 0.1) is 16.6 Å². The van der Waals surface area contributed by atoms with E-state index >= 15 is 0 Å². The summed E-state index contributed by atoms with van der Waals surface area (Å²) < 4.78 is 5.10. The van der Waals surface area contributed by atoms with Gasteiger partial charge in [0.1, 0.15) is 0 Å². The molecule has 0 aliphatic heterocycles. The number of hydrogen-bond acceptors (Lipinski definition) is 1. The lowest BCUT2D eigenvalue weighted by atomic mass is 10.0. The molecule has 4 aromatic carbocycles. The van der Waals surface area contributed by atoms with E-state index < -0.39 is 0 Å². The van der Waals surface area contributed by atoms with Crippen LogP contribution in [0.1, 0.15) is 0 Å². The number of thiophene rings is 1. The van der Waals surface area contributed by atoms with E-state index in [1.165, 1.54) is 58.3 Å². The Bertz CT molecular complexity index is 1690. The minimum Gasteiger partial charge on any atom is -0.308 e. The second-order valence-corrected chi connectivity index (χ2v) is 8.65. The highest BCUT2D eigenvalue weighted by Gasteiger charge is 2.19. The van der Waals surface area contributed by atoms with Crippen molar-refractivity contribution in [3.05, 3.63) is 77.8 Å². The van der Waals surface area contributed by atoms with Crippen LogP contribution in [0.25, 0.3) is 58.3 Å². The van der Waals surface area contributed by atoms with Crippen LogP contribution in [0.5, 0.6) is 0 Å². The number of hydrogen-bond donors (Lipinski definition) is 0. The topological polar surface area (TPSA) is 4.41 Å². The second kappa shape index (κ2) is 4.72. The molecule has 7 rings (SSSR count). The zero-order valence-corrected chi connectivity index (χ0v) is 15.7. The molecule has 0 aliphatic rings. The van der Waals surface area contributed by atoms with Crippen molar-refractivity contribution in [3.8, 4) is 0 Å². The standard InChI is InChI=1S/C24H12ClNS/c25-13-11-16-14-5-1-2-7-18(14)26-19-8-4-10-21-23(19)22-15(17(12-13)24(16)26)6-3-9-20(22)27-21/h1-12H. The number of aromatic nitrogens is 1. The summed E-state index contributed by atoms with van der Waals surface area (Å²) in [5.41, 5.74) is 3.75. The SMILES string of the molecule is Clc1cc2c3cccc4sc5cccc(c5c43)n3c4ccccc4c(c1)c23. The second-order valence-electron chi connectivity index (χ2n) is 7.13. The van der Waals surface area contributed by atoms with Gasteiger partial charge in [-0.25, -0.2) is 0 Å². The summed E-state index contributed by atoms with van der Waals surface area (Å²) >= 11 is 8.48. The molecule has 0 saturated heterocycles. The predicted molar refractivity (Wildman–Crippen MR) is 119 cm³/mol. The number of para-hydroxylation sites is 1. The molecule has 0 fully saturated rings. The molecule has 0 N–H and O–H groups in total. The molecule has 0 aliphatic carbocycles. The van der Waals surface area contributed by atoms with Gasteiger partial charge in [0.25, 0.3) is 0 Å². The van der Waals surface area contributed by atoms with Crippen molar-refractivity contribution in [3.63, 3.8) is 0 Å². The van der Waals surface area contributed by atoms with Crippen LogP contribution in [-0.4, -0.2) is 4.40 Å². The number of nitrogens with zero attached hydrogens (tertiary/aromatic N) is 1. The zero-order chi connectivity index (χ0) is 17.7. The molecule has 0 saturated carbocycles. The van der Waals surface area contributed by atoms with Gasteiger partial charge in [-0.05, 0) is 41.8 Å². The average Bonchev–Trinajstić information content (AvgIpc) is 3.19. The van der Waals surface area contributed by atoms with Crippen LogP contribution in [-0.2, 0) is 0 Å². The third-order valence-electron chi connectivity index (χ3n) is 5.76. The molecule has 3 aromatic heterocycles. The average molecular weight is 382 g/mol. The maximum atomic E-state index is 6.61. The number of halogens is 1. The van der Waals surface area contributed by atoms with Gasteiger partial charge in [-0.15, -0.1) is 11.3 Å². The van der Waals surface area contributed by atoms with E-state index in [0.717, 1.165) is 5.02 Å². The van der Waals surface area contributed by atoms with E-state index in [4.69, 9.17) is 11.6 Å². The summed E-state index contributed by atoms with van der Waals surface area (Å²) in [4.78, 5) is 0. The maximum Gasteiger partial charge on any atom is 0.0621 e. The molecule has 0 atom stereocenters. The van der Waals surface area contributed by atoms with E-state index in [2.05, 4.69) is 77.2 Å². The van der Waals surface area contributed by atoms with Crippen LogP contribution >= 0.6 is 22.9 Å². The van der Waals surface area contributed by atoms with Crippen LogP contribution in [0.15, 0.2) is 72.8 Å².